The first-order valence-electron chi connectivity index (χ1n) is 9.49. The fourth-order valence-electron chi connectivity index (χ4n) is 3.50. The lowest BCUT2D eigenvalue weighted by atomic mass is 10.0. The molecule has 0 atom stereocenters. The van der Waals surface area contributed by atoms with Crippen molar-refractivity contribution in [3.63, 3.8) is 0 Å². The largest absolute Gasteiger partial charge is 0.335 e. The minimum atomic E-state index is -3.74. The number of aryl methyl sites for hydroxylation is 1. The minimum Gasteiger partial charge on any atom is -0.335 e. The van der Waals surface area contributed by atoms with Crippen LogP contribution in [0.3, 0.4) is 0 Å². The van der Waals surface area contributed by atoms with Crippen LogP contribution in [-0.4, -0.2) is 38.9 Å². The molecule has 6 heteroatoms. The summed E-state index contributed by atoms with van der Waals surface area (Å²) in [7, 11) is -3.74. The van der Waals surface area contributed by atoms with Crippen molar-refractivity contribution >= 4 is 21.6 Å². The predicted octanol–water partition coefficient (Wildman–Crippen LogP) is 3.87. The second-order valence-corrected chi connectivity index (χ2v) is 8.98. The van der Waals surface area contributed by atoms with Gasteiger partial charge in [-0.15, -0.1) is 0 Å². The molecule has 0 radical (unpaired) electrons. The van der Waals surface area contributed by atoms with Crippen molar-refractivity contribution < 1.29 is 13.2 Å². The van der Waals surface area contributed by atoms with Crippen molar-refractivity contribution in [2.45, 2.75) is 31.6 Å². The van der Waals surface area contributed by atoms with Gasteiger partial charge < -0.3 is 4.90 Å². The molecule has 2 aromatic carbocycles. The molecule has 5 nitrogen and oxygen atoms in total. The number of nitrogens with zero attached hydrogens (tertiary/aromatic N) is 2. The second kappa shape index (κ2) is 8.19. The van der Waals surface area contributed by atoms with Gasteiger partial charge >= 0.3 is 0 Å². The molecule has 0 bridgehead atoms. The Labute approximate surface area is 167 Å². The summed E-state index contributed by atoms with van der Waals surface area (Å²) in [6.45, 7) is 9.04. The van der Waals surface area contributed by atoms with Crippen LogP contribution in [0.1, 0.15) is 36.2 Å². The molecule has 1 heterocycles. The molecule has 2 aromatic rings. The fourth-order valence-corrected chi connectivity index (χ4v) is 5.09. The third-order valence-electron chi connectivity index (χ3n) is 4.87. The fraction of sp³-hybridized carbons (Fsp3) is 0.318. The number of carbonyl (C=O) groups excluding carboxylic acids is 1. The molecule has 148 valence electrons. The van der Waals surface area contributed by atoms with Gasteiger partial charge in [-0.1, -0.05) is 36.4 Å². The van der Waals surface area contributed by atoms with Gasteiger partial charge in [0.05, 0.1) is 10.6 Å². The van der Waals surface area contributed by atoms with Crippen LogP contribution in [0.5, 0.6) is 0 Å². The highest BCUT2D eigenvalue weighted by Gasteiger charge is 2.29. The lowest BCUT2D eigenvalue weighted by Gasteiger charge is -2.30. The summed E-state index contributed by atoms with van der Waals surface area (Å²) >= 11 is 0. The maximum absolute atomic E-state index is 13.3. The topological polar surface area (TPSA) is 57.7 Å². The highest BCUT2D eigenvalue weighted by molar-refractivity contribution is 7.92. The Kier molecular flexibility index (Phi) is 5.89. The van der Waals surface area contributed by atoms with E-state index < -0.39 is 10.0 Å². The van der Waals surface area contributed by atoms with Crippen molar-refractivity contribution in [1.29, 1.82) is 0 Å². The molecule has 1 amide bonds. The van der Waals surface area contributed by atoms with E-state index in [2.05, 4.69) is 6.58 Å². The lowest BCUT2D eigenvalue weighted by molar-refractivity contribution is 0.0778. The molecule has 1 aliphatic heterocycles. The second-order valence-electron chi connectivity index (χ2n) is 7.11. The number of rotatable bonds is 6. The number of likely N-dealkylation sites (N-methyl/N-ethyl adjacent to an activating group) is 1. The molecule has 1 aliphatic rings. The van der Waals surface area contributed by atoms with Crippen molar-refractivity contribution in [2.24, 2.45) is 0 Å². The monoisotopic (exact) mass is 398 g/mol. The first kappa shape index (κ1) is 20.1. The Balaban J connectivity index is 1.96. The molecule has 0 saturated heterocycles. The number of anilines is 1. The zero-order chi connectivity index (χ0) is 20.3. The molecule has 0 saturated carbocycles. The summed E-state index contributed by atoms with van der Waals surface area (Å²) in [4.78, 5) is 14.6. The quantitative estimate of drug-likeness (QED) is 0.694. The van der Waals surface area contributed by atoms with Crippen molar-refractivity contribution in [3.05, 3.63) is 71.8 Å². The zero-order valence-corrected chi connectivity index (χ0v) is 17.2. The lowest BCUT2D eigenvalue weighted by Crippen LogP contribution is -2.36. The molecule has 0 aliphatic carbocycles. The highest BCUT2D eigenvalue weighted by Crippen LogP contribution is 2.32. The Hall–Kier alpha value is -2.60. The number of hydrogen-bond acceptors (Lipinski definition) is 3. The molecule has 0 aromatic heterocycles. The van der Waals surface area contributed by atoms with Gasteiger partial charge in [-0.3, -0.25) is 9.10 Å². The predicted molar refractivity (Wildman–Crippen MR) is 112 cm³/mol. The molecule has 0 unspecified atom stereocenters. The maximum atomic E-state index is 13.3. The summed E-state index contributed by atoms with van der Waals surface area (Å²) in [5.41, 5.74) is 3.00. The van der Waals surface area contributed by atoms with E-state index in [-0.39, 0.29) is 10.8 Å². The molecule has 0 fully saturated rings. The van der Waals surface area contributed by atoms with E-state index in [1.807, 2.05) is 38.1 Å². The molecule has 0 N–H and O–H groups in total. The first-order chi connectivity index (χ1) is 13.3. The smallest absolute Gasteiger partial charge is 0.264 e. The number of amides is 1. The van der Waals surface area contributed by atoms with Crippen LogP contribution >= 0.6 is 0 Å². The van der Waals surface area contributed by atoms with Gasteiger partial charge in [0.25, 0.3) is 15.9 Å². The van der Waals surface area contributed by atoms with Crippen LogP contribution in [-0.2, 0) is 16.4 Å². The molecular formula is C22H26N2O3S. The van der Waals surface area contributed by atoms with Crippen molar-refractivity contribution in [2.75, 3.05) is 23.9 Å². The average molecular weight is 399 g/mol. The molecule has 3 rings (SSSR count). The molecule has 28 heavy (non-hydrogen) atoms. The third kappa shape index (κ3) is 3.97. The normalized spacial score (nSPS) is 13.7. The summed E-state index contributed by atoms with van der Waals surface area (Å²) in [6.07, 6.45) is 1.64. The van der Waals surface area contributed by atoms with Crippen LogP contribution in [0, 0.1) is 0 Å². The maximum Gasteiger partial charge on any atom is 0.264 e. The number of carbonyl (C=O) groups is 1. The SMILES string of the molecule is C=C(C)CN(CC)C(=O)c1cccc(S(=O)(=O)N2CCCc3ccccc32)c1. The van der Waals surface area contributed by atoms with E-state index in [9.17, 15) is 13.2 Å². The van der Waals surface area contributed by atoms with Crippen LogP contribution < -0.4 is 4.31 Å². The van der Waals surface area contributed by atoms with Crippen molar-refractivity contribution in [3.8, 4) is 0 Å². The van der Waals surface area contributed by atoms with E-state index >= 15 is 0 Å². The minimum absolute atomic E-state index is 0.140. The van der Waals surface area contributed by atoms with Gasteiger partial charge in [-0.05, 0) is 56.5 Å². The van der Waals surface area contributed by atoms with Gasteiger partial charge in [0.1, 0.15) is 0 Å². The van der Waals surface area contributed by atoms with E-state index in [4.69, 9.17) is 0 Å². The van der Waals surface area contributed by atoms with Gasteiger partial charge in [0, 0.05) is 25.2 Å². The standard InChI is InChI=1S/C22H26N2O3S/c1-4-23(16-17(2)3)22(25)19-10-7-12-20(15-19)28(26,27)24-14-8-11-18-9-5-6-13-21(18)24/h5-7,9-10,12-13,15H,2,4,8,11,14,16H2,1,3H3. The summed E-state index contributed by atoms with van der Waals surface area (Å²) < 4.78 is 28.1. The van der Waals surface area contributed by atoms with Crippen LogP contribution in [0.2, 0.25) is 0 Å². The molecular weight excluding hydrogens is 372 g/mol. The van der Waals surface area contributed by atoms with Gasteiger partial charge in [0.15, 0.2) is 0 Å². The Bertz CT molecular complexity index is 998. The van der Waals surface area contributed by atoms with Crippen LogP contribution in [0.15, 0.2) is 65.6 Å². The summed E-state index contributed by atoms with van der Waals surface area (Å²) in [6, 6.07) is 13.9. The summed E-state index contributed by atoms with van der Waals surface area (Å²) in [5.74, 6) is -0.193. The zero-order valence-electron chi connectivity index (χ0n) is 16.4. The van der Waals surface area contributed by atoms with Crippen LogP contribution in [0.25, 0.3) is 0 Å². The number of para-hydroxylation sites is 1. The van der Waals surface area contributed by atoms with E-state index in [1.165, 1.54) is 10.4 Å². The Morgan fingerprint density at radius 2 is 1.93 bits per heavy atom. The van der Waals surface area contributed by atoms with Crippen molar-refractivity contribution in [1.82, 2.24) is 4.90 Å². The number of benzene rings is 2. The van der Waals surface area contributed by atoms with Gasteiger partial charge in [-0.2, -0.15) is 0 Å². The van der Waals surface area contributed by atoms with Crippen LogP contribution in [0.4, 0.5) is 5.69 Å². The third-order valence-corrected chi connectivity index (χ3v) is 6.68. The average Bonchev–Trinajstić information content (AvgIpc) is 2.71. The van der Waals surface area contributed by atoms with E-state index in [0.29, 0.717) is 25.2 Å². The van der Waals surface area contributed by atoms with E-state index in [1.54, 1.807) is 23.1 Å². The Morgan fingerprint density at radius 3 is 2.64 bits per heavy atom. The number of sulfonamides is 1. The molecule has 0 spiro atoms. The highest BCUT2D eigenvalue weighted by atomic mass is 32.2. The summed E-state index contributed by atoms with van der Waals surface area (Å²) in [5, 5.41) is 0. The number of fused-ring (bicyclic) bond motifs is 1. The number of hydrogen-bond donors (Lipinski definition) is 0. The first-order valence-corrected chi connectivity index (χ1v) is 10.9. The van der Waals surface area contributed by atoms with Gasteiger partial charge in [-0.25, -0.2) is 8.42 Å². The van der Waals surface area contributed by atoms with Gasteiger partial charge in [0.2, 0.25) is 0 Å². The van der Waals surface area contributed by atoms with E-state index in [0.717, 1.165) is 29.7 Å². The Morgan fingerprint density at radius 1 is 1.18 bits per heavy atom.